The number of ether oxygens (including phenoxy) is 2. The Morgan fingerprint density at radius 3 is 2.82 bits per heavy atom. The maximum absolute atomic E-state index is 5.13. The van der Waals surface area contributed by atoms with E-state index in [9.17, 15) is 0 Å². The zero-order chi connectivity index (χ0) is 12.1. The lowest BCUT2D eigenvalue weighted by molar-refractivity contribution is 0.346. The molecule has 1 N–H and O–H groups in total. The van der Waals surface area contributed by atoms with Crippen LogP contribution in [-0.4, -0.2) is 36.8 Å². The first-order valence-electron chi connectivity index (χ1n) is 6.01. The molecule has 1 aromatic rings. The van der Waals surface area contributed by atoms with Crippen molar-refractivity contribution in [3.63, 3.8) is 0 Å². The molecule has 1 atom stereocenters. The van der Waals surface area contributed by atoms with E-state index < -0.39 is 0 Å². The van der Waals surface area contributed by atoms with E-state index in [1.165, 1.54) is 19.3 Å². The van der Waals surface area contributed by atoms with Gasteiger partial charge in [0.05, 0.1) is 19.9 Å². The largest absolute Gasteiger partial charge is 0.481 e. The van der Waals surface area contributed by atoms with E-state index >= 15 is 0 Å². The molecule has 94 valence electrons. The summed E-state index contributed by atoms with van der Waals surface area (Å²) in [4.78, 5) is 8.43. The lowest BCUT2D eigenvalue weighted by Crippen LogP contribution is -2.35. The number of piperidine rings is 1. The molecule has 1 aromatic heterocycles. The third-order valence-corrected chi connectivity index (χ3v) is 2.99. The number of nitrogens with one attached hydrogen (secondary N) is 1. The van der Waals surface area contributed by atoms with Gasteiger partial charge in [0.1, 0.15) is 0 Å². The van der Waals surface area contributed by atoms with Crippen LogP contribution in [0.15, 0.2) is 6.07 Å². The van der Waals surface area contributed by atoms with Crippen LogP contribution >= 0.6 is 0 Å². The van der Waals surface area contributed by atoms with Gasteiger partial charge in [0, 0.05) is 18.5 Å². The number of hydrogen-bond acceptors (Lipinski definition) is 5. The van der Waals surface area contributed by atoms with Gasteiger partial charge in [-0.2, -0.15) is 9.97 Å². The van der Waals surface area contributed by atoms with Gasteiger partial charge in [-0.3, -0.25) is 0 Å². The average Bonchev–Trinajstić information content (AvgIpc) is 2.39. The highest BCUT2D eigenvalue weighted by atomic mass is 16.5. The van der Waals surface area contributed by atoms with E-state index in [0.717, 1.165) is 18.7 Å². The fourth-order valence-electron chi connectivity index (χ4n) is 2.10. The third kappa shape index (κ3) is 3.30. The number of rotatable bonds is 4. The highest BCUT2D eigenvalue weighted by Gasteiger charge is 2.15. The smallest absolute Gasteiger partial charge is 0.319 e. The van der Waals surface area contributed by atoms with Crippen molar-refractivity contribution in [2.75, 3.05) is 20.8 Å². The SMILES string of the molecule is COc1cc(CC2CCCCN2)nc(OC)n1. The van der Waals surface area contributed by atoms with E-state index in [0.29, 0.717) is 17.9 Å². The summed E-state index contributed by atoms with van der Waals surface area (Å²) in [5.41, 5.74) is 0.966. The first-order chi connectivity index (χ1) is 8.31. The molecule has 2 heterocycles. The van der Waals surface area contributed by atoms with E-state index in [-0.39, 0.29) is 0 Å². The van der Waals surface area contributed by atoms with Gasteiger partial charge < -0.3 is 14.8 Å². The zero-order valence-electron chi connectivity index (χ0n) is 10.4. The summed E-state index contributed by atoms with van der Waals surface area (Å²) in [7, 11) is 3.17. The predicted octanol–water partition coefficient (Wildman–Crippen LogP) is 1.18. The molecule has 1 aliphatic heterocycles. The standard InChI is InChI=1S/C12H19N3O2/c1-16-11-8-10(14-12(15-11)17-2)7-9-5-3-4-6-13-9/h8-9,13H,3-7H2,1-2H3. The molecule has 2 rings (SSSR count). The van der Waals surface area contributed by atoms with Crippen LogP contribution in [0.2, 0.25) is 0 Å². The summed E-state index contributed by atoms with van der Waals surface area (Å²) in [5, 5.41) is 3.50. The van der Waals surface area contributed by atoms with Crippen molar-refractivity contribution in [2.45, 2.75) is 31.7 Å². The molecule has 5 heteroatoms. The fourth-order valence-corrected chi connectivity index (χ4v) is 2.10. The average molecular weight is 237 g/mol. The summed E-state index contributed by atoms with van der Waals surface area (Å²) in [5.74, 6) is 0.558. The van der Waals surface area contributed by atoms with Crippen LogP contribution in [0, 0.1) is 0 Å². The van der Waals surface area contributed by atoms with Crippen molar-refractivity contribution in [2.24, 2.45) is 0 Å². The Kier molecular flexibility index (Phi) is 4.14. The van der Waals surface area contributed by atoms with Crippen LogP contribution in [0.1, 0.15) is 25.0 Å². The highest BCUT2D eigenvalue weighted by Crippen LogP contribution is 2.17. The minimum atomic E-state index is 0.371. The van der Waals surface area contributed by atoms with Gasteiger partial charge in [-0.15, -0.1) is 0 Å². The van der Waals surface area contributed by atoms with Crippen LogP contribution in [0.5, 0.6) is 11.9 Å². The molecule has 0 aliphatic carbocycles. The number of aromatic nitrogens is 2. The van der Waals surface area contributed by atoms with E-state index in [1.807, 2.05) is 6.07 Å². The molecular weight excluding hydrogens is 218 g/mol. The normalized spacial score (nSPS) is 20.0. The maximum atomic E-state index is 5.13. The van der Waals surface area contributed by atoms with Gasteiger partial charge in [0.15, 0.2) is 0 Å². The van der Waals surface area contributed by atoms with Crippen LogP contribution in [0.3, 0.4) is 0 Å². The number of nitrogens with zero attached hydrogens (tertiary/aromatic N) is 2. The molecule has 0 spiro atoms. The Labute approximate surface area is 102 Å². The first kappa shape index (κ1) is 12.1. The van der Waals surface area contributed by atoms with Crippen LogP contribution in [0.25, 0.3) is 0 Å². The Bertz CT molecular complexity index is 343. The molecule has 5 nitrogen and oxygen atoms in total. The Morgan fingerprint density at radius 1 is 1.29 bits per heavy atom. The van der Waals surface area contributed by atoms with Crippen LogP contribution < -0.4 is 14.8 Å². The fraction of sp³-hybridized carbons (Fsp3) is 0.667. The summed E-state index contributed by atoms with van der Waals surface area (Å²) in [6, 6.07) is 2.75. The number of hydrogen-bond donors (Lipinski definition) is 1. The van der Waals surface area contributed by atoms with Gasteiger partial charge in [-0.05, 0) is 19.4 Å². The molecule has 1 aliphatic rings. The molecule has 0 amide bonds. The number of methoxy groups -OCH3 is 2. The van der Waals surface area contributed by atoms with Crippen molar-refractivity contribution < 1.29 is 9.47 Å². The molecule has 0 bridgehead atoms. The molecule has 1 unspecified atom stereocenters. The summed E-state index contributed by atoms with van der Waals surface area (Å²) in [6.45, 7) is 1.10. The monoisotopic (exact) mass is 237 g/mol. The van der Waals surface area contributed by atoms with E-state index in [4.69, 9.17) is 9.47 Å². The topological polar surface area (TPSA) is 56.3 Å². The molecule has 0 aromatic carbocycles. The van der Waals surface area contributed by atoms with E-state index in [2.05, 4.69) is 15.3 Å². The molecular formula is C12H19N3O2. The lowest BCUT2D eigenvalue weighted by Gasteiger charge is -2.23. The van der Waals surface area contributed by atoms with Crippen molar-refractivity contribution in [1.29, 1.82) is 0 Å². The lowest BCUT2D eigenvalue weighted by atomic mass is 10.0. The minimum Gasteiger partial charge on any atom is -0.481 e. The summed E-state index contributed by atoms with van der Waals surface area (Å²) < 4.78 is 10.2. The first-order valence-corrected chi connectivity index (χ1v) is 6.01. The van der Waals surface area contributed by atoms with Crippen LogP contribution in [-0.2, 0) is 6.42 Å². The van der Waals surface area contributed by atoms with Gasteiger partial charge in [-0.25, -0.2) is 0 Å². The van der Waals surface area contributed by atoms with Gasteiger partial charge in [0.2, 0.25) is 5.88 Å². The minimum absolute atomic E-state index is 0.371. The Morgan fingerprint density at radius 2 is 2.18 bits per heavy atom. The summed E-state index contributed by atoms with van der Waals surface area (Å²) >= 11 is 0. The van der Waals surface area contributed by atoms with Crippen LogP contribution in [0.4, 0.5) is 0 Å². The quantitative estimate of drug-likeness (QED) is 0.852. The van der Waals surface area contributed by atoms with Gasteiger partial charge in [0.25, 0.3) is 0 Å². The second-order valence-electron chi connectivity index (χ2n) is 4.24. The Hall–Kier alpha value is -1.36. The second-order valence-corrected chi connectivity index (χ2v) is 4.24. The molecule has 0 radical (unpaired) electrons. The van der Waals surface area contributed by atoms with Gasteiger partial charge >= 0.3 is 6.01 Å². The third-order valence-electron chi connectivity index (χ3n) is 2.99. The van der Waals surface area contributed by atoms with Crippen molar-refractivity contribution in [1.82, 2.24) is 15.3 Å². The van der Waals surface area contributed by atoms with Crippen molar-refractivity contribution in [3.8, 4) is 11.9 Å². The zero-order valence-corrected chi connectivity index (χ0v) is 10.4. The molecule has 1 saturated heterocycles. The highest BCUT2D eigenvalue weighted by molar-refractivity contribution is 5.19. The van der Waals surface area contributed by atoms with Crippen molar-refractivity contribution >= 4 is 0 Å². The van der Waals surface area contributed by atoms with E-state index in [1.54, 1.807) is 14.2 Å². The predicted molar refractivity (Wildman–Crippen MR) is 64.5 cm³/mol. The van der Waals surface area contributed by atoms with Gasteiger partial charge in [-0.1, -0.05) is 6.42 Å². The molecule has 17 heavy (non-hydrogen) atoms. The molecule has 1 fully saturated rings. The molecule has 0 saturated carbocycles. The maximum Gasteiger partial charge on any atom is 0.319 e. The second kappa shape index (κ2) is 5.82. The van der Waals surface area contributed by atoms with Crippen molar-refractivity contribution in [3.05, 3.63) is 11.8 Å². The summed E-state index contributed by atoms with van der Waals surface area (Å²) in [6.07, 6.45) is 4.66. The Balaban J connectivity index is 2.07.